The molecule has 132 valence electrons. The molecule has 4 nitrogen and oxygen atoms in total. The van der Waals surface area contributed by atoms with Gasteiger partial charge < -0.3 is 5.32 Å². The van der Waals surface area contributed by atoms with Gasteiger partial charge in [-0.1, -0.05) is 25.1 Å². The van der Waals surface area contributed by atoms with Gasteiger partial charge in [0.1, 0.15) is 0 Å². The minimum atomic E-state index is -3.44. The lowest BCUT2D eigenvalue weighted by atomic mass is 9.79. The average Bonchev–Trinajstić information content (AvgIpc) is 3.30. The van der Waals surface area contributed by atoms with Crippen molar-refractivity contribution >= 4 is 27.0 Å². The third kappa shape index (κ3) is 3.03. The Morgan fingerprint density at radius 2 is 2.20 bits per heavy atom. The maximum Gasteiger partial charge on any atom is 0.240 e. The monoisotopic (exact) mass is 374 g/mol. The van der Waals surface area contributed by atoms with E-state index in [1.54, 1.807) is 17.4 Å². The third-order valence-electron chi connectivity index (χ3n) is 5.04. The number of sulfonamides is 1. The first-order valence-electron chi connectivity index (χ1n) is 8.70. The molecule has 2 heterocycles. The van der Waals surface area contributed by atoms with E-state index in [9.17, 15) is 8.42 Å². The van der Waals surface area contributed by atoms with Crippen LogP contribution in [-0.2, 0) is 10.0 Å². The second kappa shape index (κ2) is 6.59. The van der Waals surface area contributed by atoms with Gasteiger partial charge in [-0.25, -0.2) is 13.1 Å². The molecule has 0 bridgehead atoms. The molecule has 0 fully saturated rings. The highest BCUT2D eigenvalue weighted by molar-refractivity contribution is 7.89. The Bertz CT molecular complexity index is 888. The summed E-state index contributed by atoms with van der Waals surface area (Å²) in [6, 6.07) is 10.0. The van der Waals surface area contributed by atoms with Crippen molar-refractivity contribution < 1.29 is 8.42 Å². The van der Waals surface area contributed by atoms with Crippen molar-refractivity contribution in [2.24, 2.45) is 5.92 Å². The van der Waals surface area contributed by atoms with Crippen LogP contribution in [0.25, 0.3) is 0 Å². The van der Waals surface area contributed by atoms with E-state index < -0.39 is 10.0 Å². The van der Waals surface area contributed by atoms with Gasteiger partial charge in [0.05, 0.1) is 10.9 Å². The van der Waals surface area contributed by atoms with E-state index in [0.717, 1.165) is 24.1 Å². The fourth-order valence-corrected chi connectivity index (χ4v) is 5.83. The van der Waals surface area contributed by atoms with Crippen LogP contribution in [0, 0.1) is 5.92 Å². The van der Waals surface area contributed by atoms with Gasteiger partial charge in [0.2, 0.25) is 10.0 Å². The number of hydrogen-bond acceptors (Lipinski definition) is 4. The fraction of sp³-hybridized carbons (Fsp3) is 0.368. The summed E-state index contributed by atoms with van der Waals surface area (Å²) in [5.41, 5.74) is 2.13. The van der Waals surface area contributed by atoms with Crippen LogP contribution in [0.5, 0.6) is 0 Å². The molecule has 3 unspecified atom stereocenters. The number of nitrogens with one attached hydrogen (secondary N) is 2. The Labute approximate surface area is 153 Å². The minimum absolute atomic E-state index is 0.268. The lowest BCUT2D eigenvalue weighted by molar-refractivity contribution is 0.429. The average molecular weight is 375 g/mol. The zero-order valence-electron chi connectivity index (χ0n) is 14.1. The van der Waals surface area contributed by atoms with E-state index in [-0.39, 0.29) is 12.0 Å². The largest absolute Gasteiger partial charge is 0.377 e. The molecule has 1 aromatic heterocycles. The van der Waals surface area contributed by atoms with Crippen LogP contribution < -0.4 is 10.0 Å². The number of hydrogen-bond donors (Lipinski definition) is 2. The number of fused-ring (bicyclic) bond motifs is 3. The standard InChI is InChI=1S/C19H22N2O2S2/c1-2-10-20-25(22,23)13-8-9-17-16(12-13)14-5-3-6-15(14)19(21-17)18-7-4-11-24-18/h3-5,7-9,11-12,14-15,19-21H,2,6,10H2,1H3. The van der Waals surface area contributed by atoms with Gasteiger partial charge in [-0.3, -0.25) is 0 Å². The molecule has 2 aromatic rings. The molecule has 0 saturated heterocycles. The highest BCUT2D eigenvalue weighted by Crippen LogP contribution is 2.50. The van der Waals surface area contributed by atoms with Crippen LogP contribution in [0.4, 0.5) is 5.69 Å². The predicted octanol–water partition coefficient (Wildman–Crippen LogP) is 4.26. The van der Waals surface area contributed by atoms with Crippen LogP contribution in [0.3, 0.4) is 0 Å². The highest BCUT2D eigenvalue weighted by Gasteiger charge is 2.38. The molecule has 1 aliphatic heterocycles. The summed E-state index contributed by atoms with van der Waals surface area (Å²) in [7, 11) is -3.44. The summed E-state index contributed by atoms with van der Waals surface area (Å²) in [4.78, 5) is 1.70. The molecule has 1 aliphatic carbocycles. The Morgan fingerprint density at radius 3 is 2.96 bits per heavy atom. The lowest BCUT2D eigenvalue weighted by Crippen LogP contribution is -2.29. The van der Waals surface area contributed by atoms with Gasteiger partial charge in [-0.05, 0) is 54.0 Å². The fourth-order valence-electron chi connectivity index (χ4n) is 3.81. The van der Waals surface area contributed by atoms with Gasteiger partial charge in [0.15, 0.2) is 0 Å². The first-order chi connectivity index (χ1) is 12.1. The van der Waals surface area contributed by atoms with Gasteiger partial charge in [0, 0.05) is 23.0 Å². The summed E-state index contributed by atoms with van der Waals surface area (Å²) in [5.74, 6) is 0.706. The van der Waals surface area contributed by atoms with Crippen molar-refractivity contribution in [1.29, 1.82) is 0 Å². The second-order valence-corrected chi connectivity index (χ2v) is 9.38. The maximum atomic E-state index is 12.5. The topological polar surface area (TPSA) is 58.2 Å². The quantitative estimate of drug-likeness (QED) is 0.769. The van der Waals surface area contributed by atoms with Crippen molar-refractivity contribution in [3.63, 3.8) is 0 Å². The van der Waals surface area contributed by atoms with Crippen LogP contribution >= 0.6 is 11.3 Å². The number of rotatable bonds is 5. The number of anilines is 1. The highest BCUT2D eigenvalue weighted by atomic mass is 32.2. The van der Waals surface area contributed by atoms with Gasteiger partial charge in [0.25, 0.3) is 0 Å². The molecular weight excluding hydrogens is 352 g/mol. The number of allylic oxidation sites excluding steroid dienone is 2. The normalized spacial score (nSPS) is 24.6. The lowest BCUT2D eigenvalue weighted by Gasteiger charge is -2.37. The predicted molar refractivity (Wildman–Crippen MR) is 103 cm³/mol. The number of benzene rings is 1. The molecule has 6 heteroatoms. The molecular formula is C19H22N2O2S2. The summed E-state index contributed by atoms with van der Waals surface area (Å²) in [6.45, 7) is 2.42. The van der Waals surface area contributed by atoms with E-state index in [4.69, 9.17) is 0 Å². The van der Waals surface area contributed by atoms with Crippen molar-refractivity contribution in [3.05, 3.63) is 58.3 Å². The molecule has 4 rings (SSSR count). The molecule has 25 heavy (non-hydrogen) atoms. The molecule has 0 saturated carbocycles. The van der Waals surface area contributed by atoms with E-state index in [1.807, 2.05) is 19.1 Å². The van der Waals surface area contributed by atoms with Crippen molar-refractivity contribution in [2.45, 2.75) is 36.6 Å². The first kappa shape index (κ1) is 16.8. The second-order valence-electron chi connectivity index (χ2n) is 6.64. The first-order valence-corrected chi connectivity index (χ1v) is 11.1. The molecule has 1 aromatic carbocycles. The summed E-state index contributed by atoms with van der Waals surface area (Å²) < 4.78 is 27.6. The van der Waals surface area contributed by atoms with Gasteiger partial charge >= 0.3 is 0 Å². The zero-order valence-corrected chi connectivity index (χ0v) is 15.7. The van der Waals surface area contributed by atoms with Crippen molar-refractivity contribution in [2.75, 3.05) is 11.9 Å². The summed E-state index contributed by atoms with van der Waals surface area (Å²) >= 11 is 1.77. The van der Waals surface area contributed by atoms with Gasteiger partial charge in [-0.2, -0.15) is 0 Å². The summed E-state index contributed by atoms with van der Waals surface area (Å²) in [5, 5.41) is 5.76. The molecule has 3 atom stereocenters. The third-order valence-corrected chi connectivity index (χ3v) is 7.45. The Hall–Kier alpha value is -1.63. The molecule has 0 spiro atoms. The molecule has 2 aliphatic rings. The Morgan fingerprint density at radius 1 is 1.32 bits per heavy atom. The van der Waals surface area contributed by atoms with E-state index >= 15 is 0 Å². The minimum Gasteiger partial charge on any atom is -0.377 e. The van der Waals surface area contributed by atoms with Crippen LogP contribution in [-0.4, -0.2) is 15.0 Å². The van der Waals surface area contributed by atoms with Crippen molar-refractivity contribution in [1.82, 2.24) is 4.72 Å². The Kier molecular flexibility index (Phi) is 4.43. The van der Waals surface area contributed by atoms with E-state index in [0.29, 0.717) is 17.4 Å². The smallest absolute Gasteiger partial charge is 0.240 e. The maximum absolute atomic E-state index is 12.5. The van der Waals surface area contributed by atoms with E-state index in [2.05, 4.69) is 39.7 Å². The molecule has 2 N–H and O–H groups in total. The number of thiophene rings is 1. The van der Waals surface area contributed by atoms with Crippen LogP contribution in [0.1, 0.15) is 42.2 Å². The van der Waals surface area contributed by atoms with Crippen molar-refractivity contribution in [3.8, 4) is 0 Å². The SMILES string of the molecule is CCCNS(=O)(=O)c1ccc2c(c1)C1C=CCC1C(c1cccs1)N2. The van der Waals surface area contributed by atoms with Crippen LogP contribution in [0.15, 0.2) is 52.8 Å². The molecule has 0 radical (unpaired) electrons. The van der Waals surface area contributed by atoms with Gasteiger partial charge in [-0.15, -0.1) is 11.3 Å². The Balaban J connectivity index is 1.71. The van der Waals surface area contributed by atoms with Crippen LogP contribution in [0.2, 0.25) is 0 Å². The zero-order chi connectivity index (χ0) is 17.4. The van der Waals surface area contributed by atoms with E-state index in [1.165, 1.54) is 4.88 Å². The summed E-state index contributed by atoms with van der Waals surface area (Å²) in [6.07, 6.45) is 6.26. The molecule has 0 amide bonds.